The second kappa shape index (κ2) is 10.2. The van der Waals surface area contributed by atoms with Crippen LogP contribution in [0.2, 0.25) is 0 Å². The molecule has 13 heteroatoms. The highest BCUT2D eigenvalue weighted by atomic mass is 19.4. The van der Waals surface area contributed by atoms with E-state index in [1.165, 1.54) is 34.0 Å². The zero-order chi connectivity index (χ0) is 27.7. The van der Waals surface area contributed by atoms with Gasteiger partial charge in [0.05, 0.1) is 42.5 Å². The molecule has 1 aliphatic heterocycles. The number of nitrogens with zero attached hydrogens (tertiary/aromatic N) is 4. The first-order valence-electron chi connectivity index (χ1n) is 11.4. The Kier molecular flexibility index (Phi) is 7.19. The van der Waals surface area contributed by atoms with Crippen LogP contribution in [0.4, 0.5) is 33.3 Å². The number of alkyl halides is 5. The summed E-state index contributed by atoms with van der Waals surface area (Å²) in [6.45, 7) is 0.271. The summed E-state index contributed by atoms with van der Waals surface area (Å²) in [7, 11) is 0. The third-order valence-electron chi connectivity index (χ3n) is 5.94. The molecule has 0 aliphatic carbocycles. The van der Waals surface area contributed by atoms with Crippen molar-refractivity contribution in [2.24, 2.45) is 0 Å². The number of nitriles is 1. The number of aromatic nitrogens is 2. The topological polar surface area (TPSA) is 103 Å². The lowest BCUT2D eigenvalue weighted by Gasteiger charge is -2.34. The molecule has 2 amide bonds. The first-order valence-corrected chi connectivity index (χ1v) is 11.4. The van der Waals surface area contributed by atoms with Crippen molar-refractivity contribution in [2.45, 2.75) is 38.2 Å². The number of fused-ring (bicyclic) bond motifs is 1. The number of anilines is 2. The lowest BCUT2D eigenvalue weighted by molar-refractivity contribution is -0.279. The smallest absolute Gasteiger partial charge is 0.322 e. The molecule has 2 N–H and O–H groups in total. The van der Waals surface area contributed by atoms with Gasteiger partial charge in [0, 0.05) is 17.9 Å². The molecule has 2 aromatic carbocycles. The van der Waals surface area contributed by atoms with Gasteiger partial charge in [0.2, 0.25) is 0 Å². The monoisotopic (exact) mass is 532 g/mol. The van der Waals surface area contributed by atoms with Gasteiger partial charge in [-0.2, -0.15) is 32.3 Å². The summed E-state index contributed by atoms with van der Waals surface area (Å²) >= 11 is 0. The maximum Gasteiger partial charge on any atom is 0.454 e. The lowest BCUT2D eigenvalue weighted by atomic mass is 10.1. The molecular weight excluding hydrogens is 511 g/mol. The van der Waals surface area contributed by atoms with E-state index >= 15 is 0 Å². The van der Waals surface area contributed by atoms with Gasteiger partial charge in [-0.15, -0.1) is 0 Å². The number of carbonyl (C=O) groups is 2. The molecule has 8 nitrogen and oxygen atoms in total. The molecule has 0 spiro atoms. The van der Waals surface area contributed by atoms with Crippen LogP contribution in [-0.2, 0) is 13.1 Å². The minimum absolute atomic E-state index is 0.0423. The van der Waals surface area contributed by atoms with E-state index < -0.39 is 30.5 Å². The Morgan fingerprint density at radius 3 is 2.53 bits per heavy atom. The molecule has 0 bridgehead atoms. The van der Waals surface area contributed by atoms with Gasteiger partial charge < -0.3 is 15.5 Å². The molecule has 1 atom stereocenters. The first kappa shape index (κ1) is 26.7. The Morgan fingerprint density at radius 1 is 1.16 bits per heavy atom. The van der Waals surface area contributed by atoms with E-state index in [4.69, 9.17) is 5.26 Å². The summed E-state index contributed by atoms with van der Waals surface area (Å²) in [6.07, 6.45) is -4.35. The SMILES string of the molecule is C[C@H]1Cn2ncc(C(=O)Nc3cccc(C#N)c3)c2C(=O)N1c1ccc(CNCC(F)(F)C(F)(F)F)cc1. The number of rotatable bonds is 7. The number of carbonyl (C=O) groups excluding carboxylic acids is 2. The highest BCUT2D eigenvalue weighted by Gasteiger charge is 2.56. The van der Waals surface area contributed by atoms with Gasteiger partial charge in [-0.3, -0.25) is 14.3 Å². The van der Waals surface area contributed by atoms with Crippen LogP contribution in [0.5, 0.6) is 0 Å². The number of hydrogen-bond acceptors (Lipinski definition) is 5. The Bertz CT molecular complexity index is 1390. The summed E-state index contributed by atoms with van der Waals surface area (Å²) < 4.78 is 64.6. The molecule has 0 saturated carbocycles. The van der Waals surface area contributed by atoms with E-state index in [1.807, 2.05) is 6.07 Å². The van der Waals surface area contributed by atoms with Gasteiger partial charge in [0.1, 0.15) is 5.69 Å². The van der Waals surface area contributed by atoms with Crippen LogP contribution in [0.25, 0.3) is 0 Å². The molecule has 0 radical (unpaired) electrons. The van der Waals surface area contributed by atoms with Crippen molar-refractivity contribution in [3.8, 4) is 6.07 Å². The van der Waals surface area contributed by atoms with Gasteiger partial charge in [0.15, 0.2) is 0 Å². The molecule has 3 aromatic rings. The minimum atomic E-state index is -5.64. The molecule has 4 rings (SSSR count). The minimum Gasteiger partial charge on any atom is -0.322 e. The predicted molar refractivity (Wildman–Crippen MR) is 127 cm³/mol. The summed E-state index contributed by atoms with van der Waals surface area (Å²) in [5.41, 5.74) is 1.72. The Morgan fingerprint density at radius 2 is 1.87 bits per heavy atom. The highest BCUT2D eigenvalue weighted by Crippen LogP contribution is 2.34. The number of halogens is 5. The summed E-state index contributed by atoms with van der Waals surface area (Å²) in [4.78, 5) is 27.9. The Hall–Kier alpha value is -4.31. The third-order valence-corrected chi connectivity index (χ3v) is 5.94. The Labute approximate surface area is 213 Å². The van der Waals surface area contributed by atoms with Crippen LogP contribution in [0.1, 0.15) is 38.9 Å². The maximum absolute atomic E-state index is 13.5. The maximum atomic E-state index is 13.5. The summed E-state index contributed by atoms with van der Waals surface area (Å²) in [5.74, 6) is -5.93. The quantitative estimate of drug-likeness (QED) is 0.441. The standard InChI is InChI=1S/C25H21F5N6O2/c1-15-13-35-21(20(12-33-35)22(37)34-18-4-2-3-17(9-18)10-31)23(38)36(15)19-7-5-16(6-8-19)11-32-14-24(26,27)25(28,29)30/h2-9,12,15,32H,11,13-14H2,1H3,(H,34,37)/t15-/m0/s1. The average molecular weight is 532 g/mol. The van der Waals surface area contributed by atoms with Gasteiger partial charge in [-0.05, 0) is 42.8 Å². The van der Waals surface area contributed by atoms with E-state index in [0.29, 0.717) is 22.5 Å². The van der Waals surface area contributed by atoms with Gasteiger partial charge >= 0.3 is 12.1 Å². The third kappa shape index (κ3) is 5.35. The van der Waals surface area contributed by atoms with Crippen molar-refractivity contribution >= 4 is 23.2 Å². The fourth-order valence-electron chi connectivity index (χ4n) is 4.04. The molecule has 2 heterocycles. The number of nitrogens with one attached hydrogen (secondary N) is 2. The van der Waals surface area contributed by atoms with Crippen molar-refractivity contribution in [1.82, 2.24) is 15.1 Å². The molecule has 0 fully saturated rings. The van der Waals surface area contributed by atoms with Crippen LogP contribution >= 0.6 is 0 Å². The predicted octanol–water partition coefficient (Wildman–Crippen LogP) is 4.34. The van der Waals surface area contributed by atoms with Crippen molar-refractivity contribution in [2.75, 3.05) is 16.8 Å². The van der Waals surface area contributed by atoms with Crippen LogP contribution in [-0.4, -0.2) is 46.3 Å². The molecule has 0 unspecified atom stereocenters. The average Bonchev–Trinajstić information content (AvgIpc) is 3.28. The number of hydrogen-bond donors (Lipinski definition) is 2. The fraction of sp³-hybridized carbons (Fsp3) is 0.280. The number of benzene rings is 2. The number of amides is 2. The van der Waals surface area contributed by atoms with E-state index in [0.717, 1.165) is 0 Å². The molecule has 1 aromatic heterocycles. The molecular formula is C25H21F5N6O2. The summed E-state index contributed by atoms with van der Waals surface area (Å²) in [5, 5.41) is 18.0. The fourth-order valence-corrected chi connectivity index (χ4v) is 4.04. The van der Waals surface area contributed by atoms with Gasteiger partial charge in [-0.1, -0.05) is 18.2 Å². The zero-order valence-corrected chi connectivity index (χ0v) is 19.9. The van der Waals surface area contributed by atoms with Crippen LogP contribution in [0.3, 0.4) is 0 Å². The van der Waals surface area contributed by atoms with Crippen LogP contribution in [0.15, 0.2) is 54.7 Å². The largest absolute Gasteiger partial charge is 0.454 e. The van der Waals surface area contributed by atoms with E-state index in [1.54, 1.807) is 37.3 Å². The van der Waals surface area contributed by atoms with E-state index in [9.17, 15) is 31.5 Å². The molecule has 1 aliphatic rings. The van der Waals surface area contributed by atoms with Crippen LogP contribution < -0.4 is 15.5 Å². The highest BCUT2D eigenvalue weighted by molar-refractivity contribution is 6.15. The zero-order valence-electron chi connectivity index (χ0n) is 19.9. The normalized spacial score (nSPS) is 15.7. The van der Waals surface area contributed by atoms with Gasteiger partial charge in [0.25, 0.3) is 11.8 Å². The lowest BCUT2D eigenvalue weighted by Crippen LogP contribution is -2.47. The second-order valence-corrected chi connectivity index (χ2v) is 8.73. The molecule has 38 heavy (non-hydrogen) atoms. The van der Waals surface area contributed by atoms with Crippen molar-refractivity contribution in [3.63, 3.8) is 0 Å². The van der Waals surface area contributed by atoms with E-state index in [2.05, 4.69) is 15.7 Å². The van der Waals surface area contributed by atoms with Crippen molar-refractivity contribution < 1.29 is 31.5 Å². The van der Waals surface area contributed by atoms with Crippen LogP contribution in [0, 0.1) is 11.3 Å². The van der Waals surface area contributed by atoms with E-state index in [-0.39, 0.29) is 30.4 Å². The van der Waals surface area contributed by atoms with Crippen molar-refractivity contribution in [1.29, 1.82) is 5.26 Å². The molecule has 198 valence electrons. The first-order chi connectivity index (χ1) is 17.9. The van der Waals surface area contributed by atoms with Crippen molar-refractivity contribution in [3.05, 3.63) is 77.1 Å². The molecule has 0 saturated heterocycles. The Balaban J connectivity index is 1.48. The summed E-state index contributed by atoms with van der Waals surface area (Å²) in [6, 6.07) is 14.0. The second-order valence-electron chi connectivity index (χ2n) is 8.73. The van der Waals surface area contributed by atoms with Gasteiger partial charge in [-0.25, -0.2) is 0 Å².